The Morgan fingerprint density at radius 2 is 1.77 bits per heavy atom. The van der Waals surface area contributed by atoms with Gasteiger partial charge in [-0.2, -0.15) is 13.5 Å². The molecule has 0 aliphatic heterocycles. The standard InChI is InChI=1S/C13H14N6O2S/c14-11-1-3-12(4-2-11)22(20,21)19-13(15)18-17-9-10-5-7-16-8-6-10/h1-9H,14H2,(H3,15,18,19)/b17-9-. The molecule has 0 amide bonds. The van der Waals surface area contributed by atoms with E-state index in [1.54, 1.807) is 24.5 Å². The van der Waals surface area contributed by atoms with Gasteiger partial charge in [0.2, 0.25) is 5.96 Å². The predicted molar refractivity (Wildman–Crippen MR) is 84.6 cm³/mol. The number of nitrogen functional groups attached to an aromatic ring is 1. The number of sulfonamides is 1. The molecule has 9 heteroatoms. The number of aromatic nitrogens is 1. The number of pyridine rings is 1. The molecule has 0 spiro atoms. The molecule has 1 heterocycles. The quantitative estimate of drug-likeness (QED) is 0.321. The van der Waals surface area contributed by atoms with Crippen molar-refractivity contribution in [2.75, 3.05) is 5.73 Å². The summed E-state index contributed by atoms with van der Waals surface area (Å²) in [5.41, 5.74) is 14.6. The molecule has 0 aliphatic rings. The van der Waals surface area contributed by atoms with Crippen molar-refractivity contribution in [1.29, 1.82) is 0 Å². The molecule has 22 heavy (non-hydrogen) atoms. The summed E-state index contributed by atoms with van der Waals surface area (Å²) in [5.74, 6) is -0.345. The molecule has 0 unspecified atom stereocenters. The lowest BCUT2D eigenvalue weighted by atomic mass is 10.3. The molecule has 5 N–H and O–H groups in total. The van der Waals surface area contributed by atoms with E-state index in [2.05, 4.69) is 19.9 Å². The van der Waals surface area contributed by atoms with Gasteiger partial charge in [-0.3, -0.25) is 4.98 Å². The van der Waals surface area contributed by atoms with Crippen molar-refractivity contribution in [2.24, 2.45) is 15.2 Å². The Morgan fingerprint density at radius 3 is 2.41 bits per heavy atom. The Bertz CT molecular complexity index is 785. The first-order chi connectivity index (χ1) is 10.5. The van der Waals surface area contributed by atoms with E-state index in [9.17, 15) is 8.42 Å². The Balaban J connectivity index is 2.08. The summed E-state index contributed by atoms with van der Waals surface area (Å²) in [7, 11) is -3.91. The summed E-state index contributed by atoms with van der Waals surface area (Å²) in [6.45, 7) is 0. The lowest BCUT2D eigenvalue weighted by Crippen LogP contribution is -2.28. The van der Waals surface area contributed by atoms with E-state index in [-0.39, 0.29) is 10.9 Å². The number of benzene rings is 1. The van der Waals surface area contributed by atoms with E-state index in [0.717, 1.165) is 5.56 Å². The second-order valence-corrected chi connectivity index (χ2v) is 5.78. The minimum atomic E-state index is -3.91. The summed E-state index contributed by atoms with van der Waals surface area (Å²) in [6.07, 6.45) is 4.66. The number of hydrogen-bond acceptors (Lipinski definition) is 5. The smallest absolute Gasteiger partial charge is 0.285 e. The molecule has 0 saturated heterocycles. The van der Waals surface area contributed by atoms with Gasteiger partial charge in [0.15, 0.2) is 0 Å². The van der Waals surface area contributed by atoms with Crippen molar-refractivity contribution < 1.29 is 8.42 Å². The summed E-state index contributed by atoms with van der Waals surface area (Å²) < 4.78 is 27.4. The van der Waals surface area contributed by atoms with E-state index in [1.165, 1.54) is 30.5 Å². The van der Waals surface area contributed by atoms with Gasteiger partial charge in [0.05, 0.1) is 11.1 Å². The van der Waals surface area contributed by atoms with Crippen molar-refractivity contribution in [3.05, 3.63) is 54.4 Å². The third kappa shape index (κ3) is 4.28. The van der Waals surface area contributed by atoms with Gasteiger partial charge >= 0.3 is 0 Å². The lowest BCUT2D eigenvalue weighted by molar-refractivity contribution is 0.597. The third-order valence-electron chi connectivity index (χ3n) is 2.50. The highest BCUT2D eigenvalue weighted by Crippen LogP contribution is 2.13. The zero-order valence-electron chi connectivity index (χ0n) is 11.4. The molecule has 0 aliphatic carbocycles. The minimum Gasteiger partial charge on any atom is -0.399 e. The van der Waals surface area contributed by atoms with Crippen molar-refractivity contribution >= 4 is 27.9 Å². The average molecular weight is 318 g/mol. The number of anilines is 1. The third-order valence-corrected chi connectivity index (χ3v) is 3.80. The molecule has 0 saturated carbocycles. The average Bonchev–Trinajstić information content (AvgIpc) is 2.48. The zero-order valence-corrected chi connectivity index (χ0v) is 12.2. The predicted octanol–water partition coefficient (Wildman–Crippen LogP) is 0.291. The van der Waals surface area contributed by atoms with Crippen LogP contribution < -0.4 is 16.9 Å². The Hall–Kier alpha value is -2.94. The van der Waals surface area contributed by atoms with Crippen LogP contribution in [0.15, 0.2) is 63.2 Å². The van der Waals surface area contributed by atoms with Crippen LogP contribution in [0.3, 0.4) is 0 Å². The van der Waals surface area contributed by atoms with Gasteiger partial charge in [-0.25, -0.2) is 5.43 Å². The van der Waals surface area contributed by atoms with Gasteiger partial charge < -0.3 is 11.5 Å². The molecule has 0 bridgehead atoms. The monoisotopic (exact) mass is 318 g/mol. The van der Waals surface area contributed by atoms with E-state index < -0.39 is 10.0 Å². The second-order valence-electron chi connectivity index (χ2n) is 4.17. The summed E-state index contributed by atoms with van der Waals surface area (Å²) in [5, 5.41) is 3.79. The van der Waals surface area contributed by atoms with Crippen molar-refractivity contribution in [3.63, 3.8) is 0 Å². The molecular weight excluding hydrogens is 304 g/mol. The number of hydrazone groups is 1. The molecule has 2 rings (SSSR count). The molecular formula is C13H14N6O2S. The topological polar surface area (TPSA) is 136 Å². The van der Waals surface area contributed by atoms with Crippen LogP contribution in [0.4, 0.5) is 5.69 Å². The van der Waals surface area contributed by atoms with Gasteiger partial charge in [-0.05, 0) is 42.0 Å². The van der Waals surface area contributed by atoms with E-state index >= 15 is 0 Å². The van der Waals surface area contributed by atoms with Crippen molar-refractivity contribution in [3.8, 4) is 0 Å². The SMILES string of the molecule is NC(=NS(=O)(=O)c1ccc(N)cc1)N/N=C\c1ccncc1. The molecule has 114 valence electrons. The first kappa shape index (κ1) is 15.4. The highest BCUT2D eigenvalue weighted by atomic mass is 32.2. The van der Waals surface area contributed by atoms with Crippen LogP contribution >= 0.6 is 0 Å². The van der Waals surface area contributed by atoms with E-state index in [0.29, 0.717) is 5.69 Å². The van der Waals surface area contributed by atoms with Crippen LogP contribution in [0, 0.1) is 0 Å². The lowest BCUT2D eigenvalue weighted by Gasteiger charge is -2.02. The number of guanidine groups is 1. The fourth-order valence-corrected chi connectivity index (χ4v) is 2.35. The first-order valence-electron chi connectivity index (χ1n) is 6.12. The van der Waals surface area contributed by atoms with Crippen LogP contribution in [-0.2, 0) is 10.0 Å². The number of rotatable bonds is 4. The van der Waals surface area contributed by atoms with Crippen LogP contribution in [0.25, 0.3) is 0 Å². The number of hydrogen-bond donors (Lipinski definition) is 3. The Labute approximate surface area is 127 Å². The maximum Gasteiger partial charge on any atom is 0.285 e. The highest BCUT2D eigenvalue weighted by molar-refractivity contribution is 7.90. The van der Waals surface area contributed by atoms with Crippen molar-refractivity contribution in [1.82, 2.24) is 10.4 Å². The minimum absolute atomic E-state index is 0.00966. The normalized spacial score (nSPS) is 12.5. The number of nitrogens with one attached hydrogen (secondary N) is 1. The van der Waals surface area contributed by atoms with Crippen LogP contribution in [0.1, 0.15) is 5.56 Å². The maximum atomic E-state index is 12.0. The summed E-state index contributed by atoms with van der Waals surface area (Å²) >= 11 is 0. The Morgan fingerprint density at radius 1 is 1.14 bits per heavy atom. The van der Waals surface area contributed by atoms with E-state index in [1.807, 2.05) is 0 Å². The Kier molecular flexibility index (Phi) is 4.69. The fraction of sp³-hybridized carbons (Fsp3) is 0. The number of nitrogens with two attached hydrogens (primary N) is 2. The number of nitrogens with zero attached hydrogens (tertiary/aromatic N) is 3. The van der Waals surface area contributed by atoms with Gasteiger partial charge in [-0.1, -0.05) is 0 Å². The van der Waals surface area contributed by atoms with Gasteiger partial charge in [0.25, 0.3) is 10.0 Å². The molecule has 0 atom stereocenters. The largest absolute Gasteiger partial charge is 0.399 e. The van der Waals surface area contributed by atoms with Gasteiger partial charge in [0.1, 0.15) is 0 Å². The molecule has 2 aromatic rings. The first-order valence-corrected chi connectivity index (χ1v) is 7.56. The van der Waals surface area contributed by atoms with Gasteiger partial charge in [-0.15, -0.1) is 4.40 Å². The summed E-state index contributed by atoms with van der Waals surface area (Å²) in [4.78, 5) is 3.85. The molecule has 0 radical (unpaired) electrons. The molecule has 0 fully saturated rings. The maximum absolute atomic E-state index is 12.0. The molecule has 1 aromatic carbocycles. The fourth-order valence-electron chi connectivity index (χ4n) is 1.46. The van der Waals surface area contributed by atoms with Crippen LogP contribution in [-0.4, -0.2) is 25.6 Å². The highest BCUT2D eigenvalue weighted by Gasteiger charge is 2.12. The molecule has 8 nitrogen and oxygen atoms in total. The zero-order chi connectivity index (χ0) is 16.0. The summed E-state index contributed by atoms with van der Waals surface area (Å²) in [6, 6.07) is 9.08. The second kappa shape index (κ2) is 6.68. The van der Waals surface area contributed by atoms with Crippen LogP contribution in [0.2, 0.25) is 0 Å². The van der Waals surface area contributed by atoms with Gasteiger partial charge in [0, 0.05) is 18.1 Å². The van der Waals surface area contributed by atoms with Crippen molar-refractivity contribution in [2.45, 2.75) is 4.90 Å². The van der Waals surface area contributed by atoms with E-state index in [4.69, 9.17) is 11.5 Å². The molecule has 1 aromatic heterocycles. The van der Waals surface area contributed by atoms with Crippen LogP contribution in [0.5, 0.6) is 0 Å².